The molecule has 6 heteroatoms. The number of aliphatic imine (C=N–C) groups is 1. The van der Waals surface area contributed by atoms with E-state index in [0.717, 1.165) is 6.42 Å². The van der Waals surface area contributed by atoms with Crippen LogP contribution < -0.4 is 16.0 Å². The van der Waals surface area contributed by atoms with Gasteiger partial charge in [-0.3, -0.25) is 9.79 Å². The number of carbonyl (C=O) groups excluding carboxylic acids is 1. The number of amides is 1. The third kappa shape index (κ3) is 6.25. The molecule has 0 aliphatic carbocycles. The summed E-state index contributed by atoms with van der Waals surface area (Å²) >= 11 is 0. The second-order valence-corrected chi connectivity index (χ2v) is 5.42. The molecule has 0 spiro atoms. The average Bonchev–Trinajstić information content (AvgIpc) is 2.65. The molecule has 0 aliphatic heterocycles. The van der Waals surface area contributed by atoms with Crippen LogP contribution in [0.3, 0.4) is 0 Å². The van der Waals surface area contributed by atoms with Gasteiger partial charge >= 0.3 is 0 Å². The maximum absolute atomic E-state index is 13.6. The highest BCUT2D eigenvalue weighted by Gasteiger charge is 2.04. The standard InChI is InChI=1S/C19H23FN4O/c1-21-19(24-14-16-10-5-6-11-17(16)20)23-13-7-12-22-18(25)15-8-3-2-4-9-15/h2-6,8-11H,7,12-14H2,1H3,(H,22,25)(H2,21,23,24). The molecule has 0 aliphatic rings. The molecule has 0 atom stereocenters. The van der Waals surface area contributed by atoms with Crippen LogP contribution in [0.5, 0.6) is 0 Å². The van der Waals surface area contributed by atoms with Gasteiger partial charge in [0.15, 0.2) is 5.96 Å². The van der Waals surface area contributed by atoms with Crippen molar-refractivity contribution in [1.82, 2.24) is 16.0 Å². The van der Waals surface area contributed by atoms with Crippen LogP contribution in [0.2, 0.25) is 0 Å². The highest BCUT2D eigenvalue weighted by molar-refractivity contribution is 5.94. The predicted molar refractivity (Wildman–Crippen MR) is 98.0 cm³/mol. The molecule has 0 bridgehead atoms. The van der Waals surface area contributed by atoms with Crippen LogP contribution in [-0.2, 0) is 6.54 Å². The number of benzene rings is 2. The van der Waals surface area contributed by atoms with Gasteiger partial charge in [-0.15, -0.1) is 0 Å². The predicted octanol–water partition coefficient (Wildman–Crippen LogP) is 2.31. The van der Waals surface area contributed by atoms with E-state index < -0.39 is 0 Å². The van der Waals surface area contributed by atoms with Crippen molar-refractivity contribution in [3.8, 4) is 0 Å². The number of nitrogens with one attached hydrogen (secondary N) is 3. The Morgan fingerprint density at radius 1 is 0.960 bits per heavy atom. The molecule has 0 aromatic heterocycles. The Labute approximate surface area is 147 Å². The van der Waals surface area contributed by atoms with Crippen molar-refractivity contribution in [3.63, 3.8) is 0 Å². The molecular formula is C19H23FN4O. The first-order valence-electron chi connectivity index (χ1n) is 8.22. The lowest BCUT2D eigenvalue weighted by atomic mass is 10.2. The Hall–Kier alpha value is -2.89. The molecule has 2 rings (SSSR count). The van der Waals surface area contributed by atoms with Crippen molar-refractivity contribution in [2.45, 2.75) is 13.0 Å². The lowest BCUT2D eigenvalue weighted by Gasteiger charge is -2.12. The molecule has 5 nitrogen and oxygen atoms in total. The first-order chi connectivity index (χ1) is 12.2. The van der Waals surface area contributed by atoms with Gasteiger partial charge in [0.2, 0.25) is 0 Å². The number of hydrogen-bond acceptors (Lipinski definition) is 2. The number of hydrogen-bond donors (Lipinski definition) is 3. The Balaban J connectivity index is 1.64. The molecule has 2 aromatic carbocycles. The zero-order valence-electron chi connectivity index (χ0n) is 14.3. The minimum absolute atomic E-state index is 0.0809. The molecule has 0 fully saturated rings. The molecule has 2 aromatic rings. The normalized spacial score (nSPS) is 11.0. The smallest absolute Gasteiger partial charge is 0.251 e. The van der Waals surface area contributed by atoms with Gasteiger partial charge in [0.05, 0.1) is 0 Å². The summed E-state index contributed by atoms with van der Waals surface area (Å²) in [6.07, 6.45) is 0.749. The molecule has 25 heavy (non-hydrogen) atoms. The van der Waals surface area contributed by atoms with Crippen molar-refractivity contribution in [3.05, 3.63) is 71.5 Å². The number of nitrogens with zero attached hydrogens (tertiary/aromatic N) is 1. The number of guanidine groups is 1. The van der Waals surface area contributed by atoms with E-state index in [0.29, 0.717) is 36.7 Å². The third-order valence-corrected chi connectivity index (χ3v) is 3.60. The Bertz CT molecular complexity index is 704. The van der Waals surface area contributed by atoms with Crippen LogP contribution in [0.25, 0.3) is 0 Å². The van der Waals surface area contributed by atoms with Crippen LogP contribution in [0.4, 0.5) is 4.39 Å². The first-order valence-corrected chi connectivity index (χ1v) is 8.22. The number of halogens is 1. The molecule has 0 unspecified atom stereocenters. The zero-order chi connectivity index (χ0) is 17.9. The van der Waals surface area contributed by atoms with E-state index in [1.54, 1.807) is 37.4 Å². The van der Waals surface area contributed by atoms with Gasteiger partial charge in [0, 0.05) is 37.8 Å². The van der Waals surface area contributed by atoms with Gasteiger partial charge in [-0.05, 0) is 24.6 Å². The molecule has 0 saturated carbocycles. The monoisotopic (exact) mass is 342 g/mol. The quantitative estimate of drug-likeness (QED) is 0.411. The molecule has 132 valence electrons. The van der Waals surface area contributed by atoms with Gasteiger partial charge < -0.3 is 16.0 Å². The maximum atomic E-state index is 13.6. The van der Waals surface area contributed by atoms with Gasteiger partial charge in [0.25, 0.3) is 5.91 Å². The van der Waals surface area contributed by atoms with Crippen molar-refractivity contribution >= 4 is 11.9 Å². The summed E-state index contributed by atoms with van der Waals surface area (Å²) in [6.45, 7) is 1.56. The summed E-state index contributed by atoms with van der Waals surface area (Å²) < 4.78 is 13.6. The topological polar surface area (TPSA) is 65.5 Å². The van der Waals surface area contributed by atoms with Crippen molar-refractivity contribution in [2.75, 3.05) is 20.1 Å². The molecular weight excluding hydrogens is 319 g/mol. The maximum Gasteiger partial charge on any atom is 0.251 e. The highest BCUT2D eigenvalue weighted by atomic mass is 19.1. The summed E-state index contributed by atoms with van der Waals surface area (Å²) in [5.74, 6) is 0.273. The molecule has 0 radical (unpaired) electrons. The van der Waals surface area contributed by atoms with E-state index in [-0.39, 0.29) is 11.7 Å². The highest BCUT2D eigenvalue weighted by Crippen LogP contribution is 2.05. The largest absolute Gasteiger partial charge is 0.356 e. The van der Waals surface area contributed by atoms with Gasteiger partial charge in [-0.2, -0.15) is 0 Å². The summed E-state index contributed by atoms with van der Waals surface area (Å²) in [5.41, 5.74) is 1.23. The van der Waals surface area contributed by atoms with Gasteiger partial charge in [-0.25, -0.2) is 4.39 Å². The minimum Gasteiger partial charge on any atom is -0.356 e. The fourth-order valence-corrected chi connectivity index (χ4v) is 2.23. The van der Waals surface area contributed by atoms with Crippen molar-refractivity contribution < 1.29 is 9.18 Å². The van der Waals surface area contributed by atoms with E-state index >= 15 is 0 Å². The van der Waals surface area contributed by atoms with E-state index in [1.165, 1.54) is 6.07 Å². The van der Waals surface area contributed by atoms with E-state index in [2.05, 4.69) is 20.9 Å². The second kappa shape index (κ2) is 10.1. The van der Waals surface area contributed by atoms with Crippen molar-refractivity contribution in [2.24, 2.45) is 4.99 Å². The molecule has 0 heterocycles. The third-order valence-electron chi connectivity index (χ3n) is 3.60. The van der Waals surface area contributed by atoms with Crippen molar-refractivity contribution in [1.29, 1.82) is 0 Å². The molecule has 1 amide bonds. The van der Waals surface area contributed by atoms with E-state index in [4.69, 9.17) is 0 Å². The fourth-order valence-electron chi connectivity index (χ4n) is 2.23. The van der Waals surface area contributed by atoms with E-state index in [1.807, 2.05) is 18.2 Å². The van der Waals surface area contributed by atoms with Gasteiger partial charge in [0.1, 0.15) is 5.82 Å². The zero-order valence-corrected chi connectivity index (χ0v) is 14.3. The average molecular weight is 342 g/mol. The second-order valence-electron chi connectivity index (χ2n) is 5.42. The summed E-state index contributed by atoms with van der Waals surface area (Å²) in [5, 5.41) is 9.07. The lowest BCUT2D eigenvalue weighted by molar-refractivity contribution is 0.0953. The summed E-state index contributed by atoms with van der Waals surface area (Å²) in [4.78, 5) is 16.0. The Kier molecular flexibility index (Phi) is 7.43. The Morgan fingerprint density at radius 2 is 1.64 bits per heavy atom. The van der Waals surface area contributed by atoms with Crippen LogP contribution >= 0.6 is 0 Å². The van der Waals surface area contributed by atoms with E-state index in [9.17, 15) is 9.18 Å². The van der Waals surface area contributed by atoms with Gasteiger partial charge in [-0.1, -0.05) is 36.4 Å². The lowest BCUT2D eigenvalue weighted by Crippen LogP contribution is -2.38. The van der Waals surface area contributed by atoms with Crippen LogP contribution in [-0.4, -0.2) is 32.0 Å². The summed E-state index contributed by atoms with van der Waals surface area (Å²) in [7, 11) is 1.66. The fraction of sp³-hybridized carbons (Fsp3) is 0.263. The van der Waals surface area contributed by atoms with Crippen LogP contribution in [0, 0.1) is 5.82 Å². The van der Waals surface area contributed by atoms with Crippen LogP contribution in [0.1, 0.15) is 22.3 Å². The molecule has 3 N–H and O–H groups in total. The SMILES string of the molecule is CN=C(NCCCNC(=O)c1ccccc1)NCc1ccccc1F. The number of rotatable bonds is 7. The molecule has 0 saturated heterocycles. The minimum atomic E-state index is -0.242. The van der Waals surface area contributed by atoms with Crippen LogP contribution in [0.15, 0.2) is 59.6 Å². The summed E-state index contributed by atoms with van der Waals surface area (Å²) in [6, 6.07) is 15.7. The Morgan fingerprint density at radius 3 is 2.36 bits per heavy atom. The number of carbonyl (C=O) groups is 1. The first kappa shape index (κ1) is 18.4.